The van der Waals surface area contributed by atoms with Crippen molar-refractivity contribution in [3.63, 3.8) is 0 Å². The number of nitrogens with zero attached hydrogens (tertiary/aromatic N) is 1. The van der Waals surface area contributed by atoms with E-state index in [1.165, 1.54) is 64.2 Å². The average Bonchev–Trinajstić information content (AvgIpc) is 3.38. The Labute approximate surface area is 182 Å². The molecule has 4 heteroatoms. The Morgan fingerprint density at radius 2 is 1.60 bits per heavy atom. The van der Waals surface area contributed by atoms with Gasteiger partial charge in [0.1, 0.15) is 5.78 Å². The van der Waals surface area contributed by atoms with Crippen LogP contribution in [0.3, 0.4) is 0 Å². The highest BCUT2D eigenvalue weighted by Crippen LogP contribution is 2.60. The Morgan fingerprint density at radius 1 is 0.967 bits per heavy atom. The van der Waals surface area contributed by atoms with Gasteiger partial charge in [-0.25, -0.2) is 0 Å². The lowest BCUT2D eigenvalue weighted by Gasteiger charge is -2.49. The molecule has 6 aliphatic carbocycles. The fourth-order valence-electron chi connectivity index (χ4n) is 7.91. The molecule has 0 aromatic carbocycles. The Balaban J connectivity index is 0.000000113. The Kier molecular flexibility index (Phi) is 6.70. The quantitative estimate of drug-likeness (QED) is 0.296. The number of nitro groups is 1. The SMILES string of the molecule is CC=C1C[C@H]2CCC[C@@H]12.CC[C@@]1(C[N+](=O)[O-])C[C@H]2CCC[C@H]21.O=C1C[C@H]2CCC[C@@H]12. The maximum absolute atomic E-state index is 10.7. The van der Waals surface area contributed by atoms with Crippen LogP contribution in [0.15, 0.2) is 11.6 Å². The molecular weight excluding hydrogens is 374 g/mol. The van der Waals surface area contributed by atoms with Crippen molar-refractivity contribution in [2.75, 3.05) is 6.54 Å². The number of allylic oxidation sites excluding steroid dienone is 2. The molecule has 0 unspecified atom stereocenters. The summed E-state index contributed by atoms with van der Waals surface area (Å²) in [5, 5.41) is 10.6. The Bertz CT molecular complexity index is 686. The second-order valence-electron chi connectivity index (χ2n) is 11.0. The topological polar surface area (TPSA) is 60.2 Å². The van der Waals surface area contributed by atoms with Crippen LogP contribution in [0, 0.1) is 51.0 Å². The number of carbonyl (C=O) groups is 1. The molecule has 0 radical (unpaired) electrons. The first-order valence-corrected chi connectivity index (χ1v) is 12.8. The van der Waals surface area contributed by atoms with Gasteiger partial charge >= 0.3 is 0 Å². The van der Waals surface area contributed by atoms with Gasteiger partial charge < -0.3 is 0 Å². The normalized spacial score (nSPS) is 43.5. The van der Waals surface area contributed by atoms with Crippen molar-refractivity contribution in [3.8, 4) is 0 Å². The van der Waals surface area contributed by atoms with E-state index in [1.54, 1.807) is 5.57 Å². The van der Waals surface area contributed by atoms with E-state index in [9.17, 15) is 14.9 Å². The van der Waals surface area contributed by atoms with E-state index in [1.807, 2.05) is 0 Å². The number of Topliss-reactive ketones (excluding diaryl/α,β-unsaturated/α-hetero) is 1. The Morgan fingerprint density at radius 3 is 2.10 bits per heavy atom. The van der Waals surface area contributed by atoms with E-state index < -0.39 is 0 Å². The third-order valence-electron chi connectivity index (χ3n) is 9.80. The van der Waals surface area contributed by atoms with Gasteiger partial charge in [0, 0.05) is 22.7 Å². The van der Waals surface area contributed by atoms with Crippen molar-refractivity contribution in [2.24, 2.45) is 40.9 Å². The fraction of sp³-hybridized carbons (Fsp3) is 0.885. The standard InChI is InChI=1S/C10H17NO2.C9H14.C7H10O/c1-2-10(7-11(12)13)6-8-4-3-5-9(8)10;1-2-7-6-8-4-3-5-9(7)8;8-7-4-5-2-1-3-6(5)7/h8-9H,2-7H2,1H3;2,8-9H,3-6H2,1H3;5-6H,1-4H2/t8-,9-,10+;8-,9+;5-,6-/m111/s1. The van der Waals surface area contributed by atoms with Crippen LogP contribution in [0.4, 0.5) is 0 Å². The van der Waals surface area contributed by atoms with Gasteiger partial charge in [-0.05, 0) is 87.9 Å². The zero-order chi connectivity index (χ0) is 21.3. The number of ketones is 1. The monoisotopic (exact) mass is 415 g/mol. The Hall–Kier alpha value is -1.19. The van der Waals surface area contributed by atoms with Crippen LogP contribution < -0.4 is 0 Å². The number of carbonyl (C=O) groups excluding carboxylic acids is 1. The van der Waals surface area contributed by atoms with Gasteiger partial charge in [0.05, 0.1) is 0 Å². The van der Waals surface area contributed by atoms with Crippen molar-refractivity contribution in [3.05, 3.63) is 21.8 Å². The molecule has 6 rings (SSSR count). The minimum absolute atomic E-state index is 0.0880. The molecule has 168 valence electrons. The zero-order valence-corrected chi connectivity index (χ0v) is 19.1. The maximum Gasteiger partial charge on any atom is 0.209 e. The van der Waals surface area contributed by atoms with E-state index in [2.05, 4.69) is 19.9 Å². The molecule has 0 bridgehead atoms. The average molecular weight is 416 g/mol. The molecule has 0 spiro atoms. The van der Waals surface area contributed by atoms with Gasteiger partial charge in [-0.15, -0.1) is 0 Å². The summed E-state index contributed by atoms with van der Waals surface area (Å²) in [6, 6.07) is 0. The largest absolute Gasteiger partial charge is 0.299 e. The van der Waals surface area contributed by atoms with Crippen LogP contribution in [0.1, 0.15) is 97.3 Å². The van der Waals surface area contributed by atoms with E-state index in [0.717, 1.165) is 42.9 Å². The molecule has 0 amide bonds. The summed E-state index contributed by atoms with van der Waals surface area (Å²) in [5.41, 5.74) is 1.84. The second-order valence-corrected chi connectivity index (χ2v) is 11.0. The van der Waals surface area contributed by atoms with E-state index >= 15 is 0 Å². The lowest BCUT2D eigenvalue weighted by atomic mass is 9.54. The van der Waals surface area contributed by atoms with Crippen molar-refractivity contribution in [2.45, 2.75) is 97.3 Å². The van der Waals surface area contributed by atoms with Crippen molar-refractivity contribution in [1.82, 2.24) is 0 Å². The molecule has 6 fully saturated rings. The molecule has 7 atom stereocenters. The highest BCUT2D eigenvalue weighted by Gasteiger charge is 2.56. The summed E-state index contributed by atoms with van der Waals surface area (Å²) in [7, 11) is 0. The molecule has 0 saturated heterocycles. The first kappa shape index (κ1) is 22.0. The highest BCUT2D eigenvalue weighted by molar-refractivity contribution is 5.87. The molecule has 6 aliphatic rings. The van der Waals surface area contributed by atoms with Crippen molar-refractivity contribution >= 4 is 5.78 Å². The number of hydrogen-bond donors (Lipinski definition) is 0. The first-order chi connectivity index (χ1) is 14.5. The predicted octanol–water partition coefficient (Wildman–Crippen LogP) is 6.61. The molecule has 6 saturated carbocycles. The van der Waals surface area contributed by atoms with Crippen LogP contribution in [-0.2, 0) is 4.79 Å². The van der Waals surface area contributed by atoms with Gasteiger partial charge in [-0.3, -0.25) is 14.9 Å². The first-order valence-electron chi connectivity index (χ1n) is 12.8. The minimum Gasteiger partial charge on any atom is -0.299 e. The predicted molar refractivity (Wildman–Crippen MR) is 120 cm³/mol. The van der Waals surface area contributed by atoms with Gasteiger partial charge in [0.15, 0.2) is 0 Å². The van der Waals surface area contributed by atoms with Crippen molar-refractivity contribution < 1.29 is 9.72 Å². The lowest BCUT2D eigenvalue weighted by molar-refractivity contribution is -0.507. The van der Waals surface area contributed by atoms with Crippen LogP contribution in [0.5, 0.6) is 0 Å². The van der Waals surface area contributed by atoms with E-state index in [4.69, 9.17) is 0 Å². The molecule has 0 aromatic rings. The van der Waals surface area contributed by atoms with Crippen LogP contribution in [0.2, 0.25) is 0 Å². The molecule has 0 aromatic heterocycles. The summed E-state index contributed by atoms with van der Waals surface area (Å²) in [6.45, 7) is 4.51. The van der Waals surface area contributed by atoms with Crippen LogP contribution >= 0.6 is 0 Å². The summed E-state index contributed by atoms with van der Waals surface area (Å²) >= 11 is 0. The zero-order valence-electron chi connectivity index (χ0n) is 19.1. The highest BCUT2D eigenvalue weighted by atomic mass is 16.6. The van der Waals surface area contributed by atoms with Crippen molar-refractivity contribution in [1.29, 1.82) is 0 Å². The molecule has 0 N–H and O–H groups in total. The molecule has 4 nitrogen and oxygen atoms in total. The van der Waals surface area contributed by atoms with E-state index in [-0.39, 0.29) is 16.9 Å². The number of rotatable bonds is 3. The second kappa shape index (κ2) is 9.12. The smallest absolute Gasteiger partial charge is 0.209 e. The third-order valence-corrected chi connectivity index (χ3v) is 9.80. The number of hydrogen-bond acceptors (Lipinski definition) is 3. The summed E-state index contributed by atoms with van der Waals surface area (Å²) in [4.78, 5) is 21.2. The lowest BCUT2D eigenvalue weighted by Crippen LogP contribution is -2.49. The van der Waals surface area contributed by atoms with Gasteiger partial charge in [-0.1, -0.05) is 44.3 Å². The molecule has 30 heavy (non-hydrogen) atoms. The summed E-state index contributed by atoms with van der Waals surface area (Å²) in [5.74, 6) is 5.54. The molecule has 0 heterocycles. The van der Waals surface area contributed by atoms with Gasteiger partial charge in [0.25, 0.3) is 0 Å². The van der Waals surface area contributed by atoms with Crippen LogP contribution in [0.25, 0.3) is 0 Å². The van der Waals surface area contributed by atoms with Gasteiger partial charge in [-0.2, -0.15) is 0 Å². The number of fused-ring (bicyclic) bond motifs is 3. The molecular formula is C26H41NO3. The minimum atomic E-state index is -0.113. The van der Waals surface area contributed by atoms with E-state index in [0.29, 0.717) is 17.6 Å². The third kappa shape index (κ3) is 4.12. The summed E-state index contributed by atoms with van der Waals surface area (Å²) in [6.07, 6.45) is 19.0. The van der Waals surface area contributed by atoms with Crippen LogP contribution in [-0.4, -0.2) is 17.3 Å². The van der Waals surface area contributed by atoms with Gasteiger partial charge in [0.2, 0.25) is 6.54 Å². The summed E-state index contributed by atoms with van der Waals surface area (Å²) < 4.78 is 0. The molecule has 0 aliphatic heterocycles. The maximum atomic E-state index is 10.7. The fourth-order valence-corrected chi connectivity index (χ4v) is 7.91.